The molecule has 104 valence electrons. The second kappa shape index (κ2) is 6.16. The first-order valence-electron chi connectivity index (χ1n) is 6.48. The predicted octanol–water partition coefficient (Wildman–Crippen LogP) is 2.61. The zero-order chi connectivity index (χ0) is 13.8. The summed E-state index contributed by atoms with van der Waals surface area (Å²) in [4.78, 5) is 11.1. The van der Waals surface area contributed by atoms with E-state index < -0.39 is 0 Å². The third-order valence-corrected chi connectivity index (χ3v) is 3.78. The summed E-state index contributed by atoms with van der Waals surface area (Å²) in [7, 11) is 1.82. The number of aryl methyl sites for hydroxylation is 1. The molecule has 1 unspecified atom stereocenters. The fraction of sp³-hybridized carbons (Fsp3) is 0.538. The molecule has 1 atom stereocenters. The molecule has 19 heavy (non-hydrogen) atoms. The number of anilines is 2. The number of hydrogen-bond acceptors (Lipinski definition) is 6. The van der Waals surface area contributed by atoms with E-state index in [9.17, 15) is 5.11 Å². The number of aromatic nitrogens is 2. The molecule has 0 fully saturated rings. The smallest absolute Gasteiger partial charge is 0.225 e. The van der Waals surface area contributed by atoms with Crippen LogP contribution >= 0.6 is 11.3 Å². The first-order chi connectivity index (χ1) is 9.10. The Kier molecular flexibility index (Phi) is 4.55. The molecule has 0 saturated carbocycles. The van der Waals surface area contributed by atoms with E-state index in [4.69, 9.17) is 0 Å². The second-order valence-electron chi connectivity index (χ2n) is 4.64. The number of rotatable bonds is 6. The molecular weight excluding hydrogens is 260 g/mol. The lowest BCUT2D eigenvalue weighted by Gasteiger charge is -2.09. The van der Waals surface area contributed by atoms with Crippen molar-refractivity contribution in [1.29, 1.82) is 0 Å². The highest BCUT2D eigenvalue weighted by Crippen LogP contribution is 2.29. The molecule has 2 rings (SSSR count). The lowest BCUT2D eigenvalue weighted by atomic mass is 10.2. The Labute approximate surface area is 117 Å². The number of aliphatic hydroxyl groups excluding tert-OH is 1. The second-order valence-corrected chi connectivity index (χ2v) is 5.87. The van der Waals surface area contributed by atoms with E-state index in [2.05, 4.69) is 33.6 Å². The van der Waals surface area contributed by atoms with Gasteiger partial charge in [-0.2, -0.15) is 4.98 Å². The van der Waals surface area contributed by atoms with Crippen LogP contribution in [0.4, 0.5) is 11.8 Å². The Bertz CT molecular complexity index is 553. The molecule has 0 bridgehead atoms. The Morgan fingerprint density at radius 3 is 2.89 bits per heavy atom. The first kappa shape index (κ1) is 14.0. The van der Waals surface area contributed by atoms with Crippen molar-refractivity contribution in [3.05, 3.63) is 10.9 Å². The van der Waals surface area contributed by atoms with Gasteiger partial charge in [0.05, 0.1) is 11.5 Å². The van der Waals surface area contributed by atoms with Gasteiger partial charge in [-0.15, -0.1) is 11.3 Å². The number of fused-ring (bicyclic) bond motifs is 1. The van der Waals surface area contributed by atoms with Crippen LogP contribution in [0.5, 0.6) is 0 Å². The van der Waals surface area contributed by atoms with Crippen LogP contribution in [-0.4, -0.2) is 34.8 Å². The molecule has 6 heteroatoms. The Balaban J connectivity index is 2.15. The monoisotopic (exact) mass is 280 g/mol. The largest absolute Gasteiger partial charge is 0.393 e. The number of nitrogens with zero attached hydrogens (tertiary/aromatic N) is 2. The highest BCUT2D eigenvalue weighted by molar-refractivity contribution is 7.18. The molecular formula is C13H20N4OS. The number of thiophene rings is 1. The van der Waals surface area contributed by atoms with Crippen LogP contribution in [0, 0.1) is 6.92 Å². The van der Waals surface area contributed by atoms with Gasteiger partial charge in [-0.05, 0) is 32.8 Å². The molecule has 0 aliphatic carbocycles. The van der Waals surface area contributed by atoms with Gasteiger partial charge in [-0.25, -0.2) is 4.98 Å². The maximum atomic E-state index is 9.25. The molecule has 3 N–H and O–H groups in total. The molecule has 0 amide bonds. The number of aliphatic hydroxyl groups is 1. The van der Waals surface area contributed by atoms with Crippen LogP contribution in [0.1, 0.15) is 24.6 Å². The molecule has 0 radical (unpaired) electrons. The van der Waals surface area contributed by atoms with Gasteiger partial charge in [0.15, 0.2) is 0 Å². The lowest BCUT2D eigenvalue weighted by Crippen LogP contribution is -2.09. The number of nitrogens with one attached hydrogen (secondary N) is 2. The number of hydrogen-bond donors (Lipinski definition) is 3. The molecule has 0 saturated heterocycles. The lowest BCUT2D eigenvalue weighted by molar-refractivity contribution is 0.183. The van der Waals surface area contributed by atoms with E-state index in [-0.39, 0.29) is 6.10 Å². The SMILES string of the molecule is CNc1nc(NCCCC(C)O)c2cc(C)sc2n1. The zero-order valence-electron chi connectivity index (χ0n) is 11.5. The van der Waals surface area contributed by atoms with Crippen LogP contribution in [0.2, 0.25) is 0 Å². The standard InChI is InChI=1S/C13H20N4OS/c1-8(18)5-4-6-15-11-10-7-9(2)19-12(10)17-13(14-3)16-11/h7-8,18H,4-6H2,1-3H3,(H2,14,15,16,17). The summed E-state index contributed by atoms with van der Waals surface area (Å²) in [6.07, 6.45) is 1.47. The van der Waals surface area contributed by atoms with Crippen molar-refractivity contribution < 1.29 is 5.11 Å². The van der Waals surface area contributed by atoms with Gasteiger partial charge >= 0.3 is 0 Å². The highest BCUT2D eigenvalue weighted by Gasteiger charge is 2.09. The molecule has 2 aromatic heterocycles. The summed E-state index contributed by atoms with van der Waals surface area (Å²) in [5, 5.41) is 16.6. The summed E-state index contributed by atoms with van der Waals surface area (Å²) in [6, 6.07) is 2.11. The van der Waals surface area contributed by atoms with Gasteiger partial charge in [-0.3, -0.25) is 0 Å². The first-order valence-corrected chi connectivity index (χ1v) is 7.29. The minimum Gasteiger partial charge on any atom is -0.393 e. The Morgan fingerprint density at radius 1 is 1.42 bits per heavy atom. The van der Waals surface area contributed by atoms with Crippen LogP contribution in [-0.2, 0) is 0 Å². The summed E-state index contributed by atoms with van der Waals surface area (Å²) in [5.74, 6) is 1.50. The van der Waals surface area contributed by atoms with Crippen LogP contribution in [0.25, 0.3) is 10.2 Å². The van der Waals surface area contributed by atoms with Crippen molar-refractivity contribution in [2.45, 2.75) is 32.8 Å². The fourth-order valence-electron chi connectivity index (χ4n) is 1.89. The fourth-order valence-corrected chi connectivity index (χ4v) is 2.77. The third-order valence-electron chi connectivity index (χ3n) is 2.83. The van der Waals surface area contributed by atoms with Gasteiger partial charge in [0.2, 0.25) is 5.95 Å². The molecule has 5 nitrogen and oxygen atoms in total. The molecule has 2 heterocycles. The average molecular weight is 280 g/mol. The highest BCUT2D eigenvalue weighted by atomic mass is 32.1. The summed E-state index contributed by atoms with van der Waals surface area (Å²) >= 11 is 1.67. The van der Waals surface area contributed by atoms with E-state index >= 15 is 0 Å². The van der Waals surface area contributed by atoms with Crippen molar-refractivity contribution in [2.75, 3.05) is 24.2 Å². The quantitative estimate of drug-likeness (QED) is 0.710. The normalized spacial score (nSPS) is 12.6. The minimum absolute atomic E-state index is 0.247. The molecule has 0 aliphatic rings. The van der Waals surface area contributed by atoms with Gasteiger partial charge in [-0.1, -0.05) is 0 Å². The zero-order valence-corrected chi connectivity index (χ0v) is 12.3. The summed E-state index contributed by atoms with van der Waals surface area (Å²) in [5.41, 5.74) is 0. The van der Waals surface area contributed by atoms with Crippen molar-refractivity contribution in [3.63, 3.8) is 0 Å². The van der Waals surface area contributed by atoms with Crippen molar-refractivity contribution in [3.8, 4) is 0 Å². The molecule has 2 aromatic rings. The van der Waals surface area contributed by atoms with Crippen LogP contribution < -0.4 is 10.6 Å². The minimum atomic E-state index is -0.247. The molecule has 0 aromatic carbocycles. The predicted molar refractivity (Wildman–Crippen MR) is 81.1 cm³/mol. The topological polar surface area (TPSA) is 70.1 Å². The van der Waals surface area contributed by atoms with E-state index in [0.29, 0.717) is 5.95 Å². The average Bonchev–Trinajstić information content (AvgIpc) is 2.74. The summed E-state index contributed by atoms with van der Waals surface area (Å²) in [6.45, 7) is 4.68. The maximum absolute atomic E-state index is 9.25. The van der Waals surface area contributed by atoms with Crippen molar-refractivity contribution >= 4 is 33.3 Å². The van der Waals surface area contributed by atoms with Crippen LogP contribution in [0.15, 0.2) is 6.07 Å². The van der Waals surface area contributed by atoms with E-state index in [1.807, 2.05) is 14.0 Å². The van der Waals surface area contributed by atoms with Gasteiger partial charge in [0.1, 0.15) is 10.6 Å². The molecule has 0 spiro atoms. The van der Waals surface area contributed by atoms with Crippen LogP contribution in [0.3, 0.4) is 0 Å². The van der Waals surface area contributed by atoms with Gasteiger partial charge < -0.3 is 15.7 Å². The third kappa shape index (κ3) is 3.54. The van der Waals surface area contributed by atoms with E-state index in [0.717, 1.165) is 35.4 Å². The summed E-state index contributed by atoms with van der Waals surface area (Å²) < 4.78 is 0. The van der Waals surface area contributed by atoms with Crippen molar-refractivity contribution in [2.24, 2.45) is 0 Å². The van der Waals surface area contributed by atoms with E-state index in [1.54, 1.807) is 11.3 Å². The Morgan fingerprint density at radius 2 is 2.21 bits per heavy atom. The Hall–Kier alpha value is -1.40. The maximum Gasteiger partial charge on any atom is 0.225 e. The molecule has 0 aliphatic heterocycles. The van der Waals surface area contributed by atoms with Crippen molar-refractivity contribution in [1.82, 2.24) is 9.97 Å². The van der Waals surface area contributed by atoms with Gasteiger partial charge in [0.25, 0.3) is 0 Å². The van der Waals surface area contributed by atoms with E-state index in [1.165, 1.54) is 4.88 Å². The van der Waals surface area contributed by atoms with Gasteiger partial charge in [0, 0.05) is 18.5 Å².